The fourth-order valence-corrected chi connectivity index (χ4v) is 2.34. The number of rotatable bonds is 3. The maximum absolute atomic E-state index is 6.22. The van der Waals surface area contributed by atoms with Crippen molar-refractivity contribution >= 4 is 39.4 Å². The van der Waals surface area contributed by atoms with Crippen LogP contribution in [0.15, 0.2) is 48.8 Å². The molecule has 3 rings (SSSR count). The fourth-order valence-electron chi connectivity index (χ4n) is 2.17. The summed E-state index contributed by atoms with van der Waals surface area (Å²) in [5.74, 6) is 0.727. The summed E-state index contributed by atoms with van der Waals surface area (Å²) in [5, 5.41) is 5.80. The molecule has 0 radical (unpaired) electrons. The Bertz CT molecular complexity index is 805. The van der Waals surface area contributed by atoms with Crippen molar-refractivity contribution in [1.82, 2.24) is 4.98 Å². The van der Waals surface area contributed by atoms with Gasteiger partial charge in [0.2, 0.25) is 0 Å². The van der Waals surface area contributed by atoms with Gasteiger partial charge in [0.25, 0.3) is 0 Å². The molecule has 0 aliphatic rings. The number of nitrogen functional groups attached to an aromatic ring is 1. The topological polar surface area (TPSA) is 60.2 Å². The van der Waals surface area contributed by atoms with E-state index >= 15 is 0 Å². The van der Waals surface area contributed by atoms with Crippen molar-refractivity contribution in [2.75, 3.05) is 18.2 Å². The van der Waals surface area contributed by atoms with Crippen molar-refractivity contribution < 1.29 is 4.74 Å². The molecule has 0 bridgehead atoms. The molecule has 0 atom stereocenters. The molecule has 5 heteroatoms. The number of ether oxygens (including phenoxy) is 1. The minimum Gasteiger partial charge on any atom is -0.497 e. The second-order valence-corrected chi connectivity index (χ2v) is 5.00. The number of anilines is 3. The van der Waals surface area contributed by atoms with Crippen molar-refractivity contribution in [3.8, 4) is 5.75 Å². The van der Waals surface area contributed by atoms with E-state index in [1.54, 1.807) is 25.6 Å². The SMILES string of the molecule is COc1ccc(Cl)c(Nc2ccc3cnccc3c2N)c1. The zero-order valence-electron chi connectivity index (χ0n) is 11.4. The number of pyridine rings is 1. The first kappa shape index (κ1) is 13.5. The van der Waals surface area contributed by atoms with E-state index in [-0.39, 0.29) is 0 Å². The summed E-state index contributed by atoms with van der Waals surface area (Å²) in [6.07, 6.45) is 3.51. The van der Waals surface area contributed by atoms with Crippen molar-refractivity contribution in [2.45, 2.75) is 0 Å². The summed E-state index contributed by atoms with van der Waals surface area (Å²) >= 11 is 6.20. The van der Waals surface area contributed by atoms with E-state index in [0.717, 1.165) is 27.9 Å². The normalized spacial score (nSPS) is 10.6. The average Bonchev–Trinajstić information content (AvgIpc) is 2.52. The molecule has 0 saturated heterocycles. The molecular formula is C16H14ClN3O. The van der Waals surface area contributed by atoms with Gasteiger partial charge in [-0.15, -0.1) is 0 Å². The van der Waals surface area contributed by atoms with Gasteiger partial charge in [-0.3, -0.25) is 4.98 Å². The number of nitrogens with zero attached hydrogens (tertiary/aromatic N) is 1. The first-order valence-corrected chi connectivity index (χ1v) is 6.79. The molecule has 3 N–H and O–H groups in total. The lowest BCUT2D eigenvalue weighted by atomic mass is 10.1. The lowest BCUT2D eigenvalue weighted by Crippen LogP contribution is -1.98. The third-order valence-corrected chi connectivity index (χ3v) is 3.63. The van der Waals surface area contributed by atoms with E-state index in [1.165, 1.54) is 0 Å². The molecule has 0 amide bonds. The van der Waals surface area contributed by atoms with Crippen LogP contribution in [0.2, 0.25) is 5.02 Å². The standard InChI is InChI=1S/C16H14ClN3O/c1-21-11-3-4-13(17)15(8-11)20-14-5-2-10-9-19-7-6-12(10)16(14)18/h2-9,20H,18H2,1H3. The maximum atomic E-state index is 6.22. The Morgan fingerprint density at radius 1 is 1.14 bits per heavy atom. The highest BCUT2D eigenvalue weighted by atomic mass is 35.5. The molecule has 106 valence electrons. The van der Waals surface area contributed by atoms with E-state index in [1.807, 2.05) is 30.3 Å². The first-order valence-electron chi connectivity index (χ1n) is 6.42. The maximum Gasteiger partial charge on any atom is 0.121 e. The molecule has 0 spiro atoms. The van der Waals surface area contributed by atoms with Crippen molar-refractivity contribution in [3.63, 3.8) is 0 Å². The molecule has 0 saturated carbocycles. The number of hydrogen-bond acceptors (Lipinski definition) is 4. The van der Waals surface area contributed by atoms with E-state index in [2.05, 4.69) is 10.3 Å². The molecule has 21 heavy (non-hydrogen) atoms. The highest BCUT2D eigenvalue weighted by Crippen LogP contribution is 2.34. The van der Waals surface area contributed by atoms with E-state index < -0.39 is 0 Å². The molecule has 0 aliphatic heterocycles. The summed E-state index contributed by atoms with van der Waals surface area (Å²) in [6.45, 7) is 0. The van der Waals surface area contributed by atoms with Gasteiger partial charge in [-0.05, 0) is 24.3 Å². The van der Waals surface area contributed by atoms with Gasteiger partial charge in [0.15, 0.2) is 0 Å². The summed E-state index contributed by atoms with van der Waals surface area (Å²) in [4.78, 5) is 4.09. The number of methoxy groups -OCH3 is 1. The molecular weight excluding hydrogens is 286 g/mol. The average molecular weight is 300 g/mol. The van der Waals surface area contributed by atoms with Crippen LogP contribution in [0, 0.1) is 0 Å². The largest absolute Gasteiger partial charge is 0.497 e. The monoisotopic (exact) mass is 299 g/mol. The lowest BCUT2D eigenvalue weighted by Gasteiger charge is -2.13. The molecule has 2 aromatic carbocycles. The summed E-state index contributed by atoms with van der Waals surface area (Å²) in [6, 6.07) is 11.2. The Balaban J connectivity index is 2.04. The number of nitrogens with two attached hydrogens (primary N) is 1. The van der Waals surface area contributed by atoms with Crippen LogP contribution < -0.4 is 15.8 Å². The lowest BCUT2D eigenvalue weighted by molar-refractivity contribution is 0.415. The third-order valence-electron chi connectivity index (χ3n) is 3.30. The summed E-state index contributed by atoms with van der Waals surface area (Å²) in [7, 11) is 1.62. The van der Waals surface area contributed by atoms with Crippen LogP contribution in [0.25, 0.3) is 10.8 Å². The van der Waals surface area contributed by atoms with Gasteiger partial charge in [-0.2, -0.15) is 0 Å². The Labute approximate surface area is 127 Å². The van der Waals surface area contributed by atoms with Crippen LogP contribution in [0.1, 0.15) is 0 Å². The van der Waals surface area contributed by atoms with Crippen LogP contribution >= 0.6 is 11.6 Å². The van der Waals surface area contributed by atoms with Crippen molar-refractivity contribution in [1.29, 1.82) is 0 Å². The molecule has 1 heterocycles. The quantitative estimate of drug-likeness (QED) is 0.711. The predicted octanol–water partition coefficient (Wildman–Crippen LogP) is 4.22. The Hall–Kier alpha value is -2.46. The summed E-state index contributed by atoms with van der Waals surface area (Å²) < 4.78 is 5.21. The second kappa shape index (κ2) is 5.50. The third kappa shape index (κ3) is 2.58. The smallest absolute Gasteiger partial charge is 0.121 e. The van der Waals surface area contributed by atoms with Crippen LogP contribution in [-0.2, 0) is 0 Å². The number of benzene rings is 2. The van der Waals surface area contributed by atoms with E-state index in [4.69, 9.17) is 22.1 Å². The Kier molecular flexibility index (Phi) is 3.54. The predicted molar refractivity (Wildman–Crippen MR) is 87.4 cm³/mol. The molecule has 0 unspecified atom stereocenters. The zero-order valence-corrected chi connectivity index (χ0v) is 12.2. The highest BCUT2D eigenvalue weighted by molar-refractivity contribution is 6.33. The Morgan fingerprint density at radius 3 is 2.81 bits per heavy atom. The molecule has 0 aliphatic carbocycles. The zero-order chi connectivity index (χ0) is 14.8. The van der Waals surface area contributed by atoms with Crippen LogP contribution in [-0.4, -0.2) is 12.1 Å². The van der Waals surface area contributed by atoms with Gasteiger partial charge < -0.3 is 15.8 Å². The molecule has 3 aromatic rings. The molecule has 0 fully saturated rings. The van der Waals surface area contributed by atoms with Gasteiger partial charge in [0.1, 0.15) is 5.75 Å². The minimum atomic E-state index is 0.602. The summed E-state index contributed by atoms with van der Waals surface area (Å²) in [5.41, 5.74) is 8.43. The highest BCUT2D eigenvalue weighted by Gasteiger charge is 2.08. The van der Waals surface area contributed by atoms with Crippen LogP contribution in [0.4, 0.5) is 17.1 Å². The van der Waals surface area contributed by atoms with Crippen molar-refractivity contribution in [2.24, 2.45) is 0 Å². The van der Waals surface area contributed by atoms with Gasteiger partial charge >= 0.3 is 0 Å². The number of fused-ring (bicyclic) bond motifs is 1. The van der Waals surface area contributed by atoms with Gasteiger partial charge in [-0.1, -0.05) is 17.7 Å². The number of aromatic nitrogens is 1. The van der Waals surface area contributed by atoms with E-state index in [9.17, 15) is 0 Å². The number of halogens is 1. The fraction of sp³-hybridized carbons (Fsp3) is 0.0625. The Morgan fingerprint density at radius 2 is 2.00 bits per heavy atom. The van der Waals surface area contributed by atoms with Gasteiger partial charge in [0, 0.05) is 29.2 Å². The molecule has 4 nitrogen and oxygen atoms in total. The first-order chi connectivity index (χ1) is 10.2. The van der Waals surface area contributed by atoms with Gasteiger partial charge in [0.05, 0.1) is 29.2 Å². The molecule has 1 aromatic heterocycles. The van der Waals surface area contributed by atoms with E-state index in [0.29, 0.717) is 10.7 Å². The van der Waals surface area contributed by atoms with Gasteiger partial charge in [-0.25, -0.2) is 0 Å². The number of nitrogens with one attached hydrogen (secondary N) is 1. The van der Waals surface area contributed by atoms with Crippen LogP contribution in [0.3, 0.4) is 0 Å². The van der Waals surface area contributed by atoms with Crippen molar-refractivity contribution in [3.05, 3.63) is 53.8 Å². The minimum absolute atomic E-state index is 0.602. The second-order valence-electron chi connectivity index (χ2n) is 4.59. The van der Waals surface area contributed by atoms with Crippen LogP contribution in [0.5, 0.6) is 5.75 Å². The number of hydrogen-bond donors (Lipinski definition) is 2.